The number of carboxylic acid groups (broad SMARTS) is 1. The molecule has 0 aliphatic rings. The molecule has 7 nitrogen and oxygen atoms in total. The summed E-state index contributed by atoms with van der Waals surface area (Å²) in [6, 6.07) is 5.37. The Kier molecular flexibility index (Phi) is 3.46. The molecule has 19 heavy (non-hydrogen) atoms. The molecule has 98 valence electrons. The van der Waals surface area contributed by atoms with Gasteiger partial charge in [-0.25, -0.2) is 4.79 Å². The summed E-state index contributed by atoms with van der Waals surface area (Å²) in [5.41, 5.74) is 0.748. The topological polar surface area (TPSA) is 115 Å². The summed E-state index contributed by atoms with van der Waals surface area (Å²) in [5, 5.41) is 27.2. The lowest BCUT2D eigenvalue weighted by Crippen LogP contribution is -2.15. The lowest BCUT2D eigenvalue weighted by Gasteiger charge is -2.07. The normalized spacial score (nSPS) is 10.1. The Morgan fingerprint density at radius 3 is 2.68 bits per heavy atom. The van der Waals surface area contributed by atoms with Crippen molar-refractivity contribution in [3.8, 4) is 5.75 Å². The number of hydrogen-bond acceptors (Lipinski definition) is 4. The molecule has 0 saturated carbocycles. The quantitative estimate of drug-likeness (QED) is 0.613. The number of phenolic OH excluding ortho intramolecular Hbond substituents is 1. The second kappa shape index (κ2) is 5.21. The van der Waals surface area contributed by atoms with Crippen LogP contribution in [0.1, 0.15) is 16.1 Å². The van der Waals surface area contributed by atoms with Gasteiger partial charge in [0.15, 0.2) is 0 Å². The van der Waals surface area contributed by atoms with Crippen molar-refractivity contribution < 1.29 is 19.8 Å². The van der Waals surface area contributed by atoms with E-state index in [1.165, 1.54) is 18.3 Å². The van der Waals surface area contributed by atoms with Crippen molar-refractivity contribution >= 4 is 17.6 Å². The van der Waals surface area contributed by atoms with E-state index in [9.17, 15) is 14.7 Å². The fourth-order valence-corrected chi connectivity index (χ4v) is 1.52. The predicted octanol–water partition coefficient (Wildman–Crippen LogP) is 0.995. The van der Waals surface area contributed by atoms with Crippen molar-refractivity contribution in [2.75, 3.05) is 5.32 Å². The Hall–Kier alpha value is -2.83. The summed E-state index contributed by atoms with van der Waals surface area (Å²) < 4.78 is 0. The van der Waals surface area contributed by atoms with Gasteiger partial charge in [-0.15, -0.1) is 0 Å². The standard InChI is InChI=1S/C12H11N3O4/c16-10-5-7(12(18)19)1-2-9(10)14-11(17)6-8-3-4-13-15-8/h1-5,16H,6H2,(H,13,15)(H,14,17)(H,18,19). The largest absolute Gasteiger partial charge is 0.506 e. The first-order valence-electron chi connectivity index (χ1n) is 5.40. The molecule has 7 heteroatoms. The third-order valence-electron chi connectivity index (χ3n) is 2.43. The summed E-state index contributed by atoms with van der Waals surface area (Å²) in [7, 11) is 0. The number of nitrogens with zero attached hydrogens (tertiary/aromatic N) is 1. The van der Waals surface area contributed by atoms with Crippen LogP contribution in [0.15, 0.2) is 30.5 Å². The van der Waals surface area contributed by atoms with Crippen LogP contribution in [0.3, 0.4) is 0 Å². The summed E-state index contributed by atoms with van der Waals surface area (Å²) in [6.07, 6.45) is 1.61. The van der Waals surface area contributed by atoms with Gasteiger partial charge in [0, 0.05) is 11.9 Å². The number of aromatic hydroxyl groups is 1. The van der Waals surface area contributed by atoms with E-state index in [1.807, 2.05) is 0 Å². The zero-order valence-electron chi connectivity index (χ0n) is 9.75. The van der Waals surface area contributed by atoms with Gasteiger partial charge in [-0.05, 0) is 24.3 Å². The summed E-state index contributed by atoms with van der Waals surface area (Å²) in [6.45, 7) is 0. The molecule has 0 saturated heterocycles. The second-order valence-corrected chi connectivity index (χ2v) is 3.84. The van der Waals surface area contributed by atoms with Crippen LogP contribution in [0.5, 0.6) is 5.75 Å². The van der Waals surface area contributed by atoms with Crippen molar-refractivity contribution in [1.82, 2.24) is 10.2 Å². The summed E-state index contributed by atoms with van der Waals surface area (Å²) in [5.74, 6) is -1.79. The van der Waals surface area contributed by atoms with Crippen molar-refractivity contribution in [3.63, 3.8) is 0 Å². The number of anilines is 1. The van der Waals surface area contributed by atoms with E-state index in [4.69, 9.17) is 5.11 Å². The molecule has 0 unspecified atom stereocenters. The van der Waals surface area contributed by atoms with Crippen molar-refractivity contribution in [3.05, 3.63) is 41.7 Å². The number of carbonyl (C=O) groups is 2. The maximum Gasteiger partial charge on any atom is 0.335 e. The number of phenols is 1. The molecule has 2 rings (SSSR count). The predicted molar refractivity (Wildman–Crippen MR) is 66.0 cm³/mol. The zero-order valence-corrected chi connectivity index (χ0v) is 9.75. The molecule has 0 spiro atoms. The van der Waals surface area contributed by atoms with Gasteiger partial charge in [-0.2, -0.15) is 5.10 Å². The second-order valence-electron chi connectivity index (χ2n) is 3.84. The number of amides is 1. The SMILES string of the molecule is O=C(Cc1ccn[nH]1)Nc1ccc(C(=O)O)cc1O. The lowest BCUT2D eigenvalue weighted by atomic mass is 10.2. The first-order valence-corrected chi connectivity index (χ1v) is 5.40. The van der Waals surface area contributed by atoms with Crippen LogP contribution in [0, 0.1) is 0 Å². The monoisotopic (exact) mass is 261 g/mol. The van der Waals surface area contributed by atoms with Crippen LogP contribution in [-0.2, 0) is 11.2 Å². The molecular formula is C12H11N3O4. The third kappa shape index (κ3) is 3.09. The minimum atomic E-state index is -1.15. The van der Waals surface area contributed by atoms with Gasteiger partial charge in [0.05, 0.1) is 17.7 Å². The number of hydrogen-bond donors (Lipinski definition) is 4. The van der Waals surface area contributed by atoms with E-state index in [-0.39, 0.29) is 29.3 Å². The minimum Gasteiger partial charge on any atom is -0.506 e. The highest BCUT2D eigenvalue weighted by Gasteiger charge is 2.11. The number of H-pyrrole nitrogens is 1. The van der Waals surface area contributed by atoms with E-state index >= 15 is 0 Å². The number of carboxylic acids is 1. The Labute approximate surface area is 107 Å². The number of benzene rings is 1. The van der Waals surface area contributed by atoms with E-state index in [2.05, 4.69) is 15.5 Å². The molecular weight excluding hydrogens is 250 g/mol. The Morgan fingerprint density at radius 2 is 2.11 bits per heavy atom. The maximum absolute atomic E-state index is 11.7. The number of aromatic carboxylic acids is 1. The van der Waals surface area contributed by atoms with Gasteiger partial charge < -0.3 is 15.5 Å². The zero-order chi connectivity index (χ0) is 13.8. The fourth-order valence-electron chi connectivity index (χ4n) is 1.52. The van der Waals surface area contributed by atoms with Crippen LogP contribution >= 0.6 is 0 Å². The first-order chi connectivity index (χ1) is 9.06. The molecule has 0 atom stereocenters. The molecule has 0 aliphatic carbocycles. The number of nitrogens with one attached hydrogen (secondary N) is 2. The summed E-state index contributed by atoms with van der Waals surface area (Å²) >= 11 is 0. The van der Waals surface area contributed by atoms with Crippen LogP contribution in [0.4, 0.5) is 5.69 Å². The number of rotatable bonds is 4. The van der Waals surface area contributed by atoms with Gasteiger partial charge in [0.2, 0.25) is 5.91 Å². The molecule has 0 fully saturated rings. The summed E-state index contributed by atoms with van der Waals surface area (Å²) in [4.78, 5) is 22.4. The molecule has 1 aromatic carbocycles. The molecule has 1 heterocycles. The average Bonchev–Trinajstić information content (AvgIpc) is 2.84. The Bertz CT molecular complexity index is 607. The molecule has 2 aromatic rings. The first kappa shape index (κ1) is 12.6. The Morgan fingerprint density at radius 1 is 1.32 bits per heavy atom. The fraction of sp³-hybridized carbons (Fsp3) is 0.0833. The van der Waals surface area contributed by atoms with E-state index in [1.54, 1.807) is 6.07 Å². The van der Waals surface area contributed by atoms with E-state index < -0.39 is 5.97 Å². The number of aromatic amines is 1. The highest BCUT2D eigenvalue weighted by Crippen LogP contribution is 2.24. The molecule has 0 bridgehead atoms. The van der Waals surface area contributed by atoms with Gasteiger partial charge in [0.1, 0.15) is 5.75 Å². The highest BCUT2D eigenvalue weighted by atomic mass is 16.4. The molecule has 0 radical (unpaired) electrons. The molecule has 1 aromatic heterocycles. The van der Waals surface area contributed by atoms with Crippen LogP contribution < -0.4 is 5.32 Å². The van der Waals surface area contributed by atoms with E-state index in [0.29, 0.717) is 5.69 Å². The molecule has 1 amide bonds. The van der Waals surface area contributed by atoms with Gasteiger partial charge in [0.25, 0.3) is 0 Å². The minimum absolute atomic E-state index is 0.0518. The maximum atomic E-state index is 11.7. The van der Waals surface area contributed by atoms with Gasteiger partial charge in [-0.3, -0.25) is 9.89 Å². The molecule has 4 N–H and O–H groups in total. The van der Waals surface area contributed by atoms with Crippen molar-refractivity contribution in [2.24, 2.45) is 0 Å². The smallest absolute Gasteiger partial charge is 0.335 e. The number of carbonyl (C=O) groups excluding carboxylic acids is 1. The van der Waals surface area contributed by atoms with Crippen molar-refractivity contribution in [2.45, 2.75) is 6.42 Å². The lowest BCUT2D eigenvalue weighted by molar-refractivity contribution is -0.115. The van der Waals surface area contributed by atoms with Crippen LogP contribution in [0.2, 0.25) is 0 Å². The van der Waals surface area contributed by atoms with Gasteiger partial charge in [-0.1, -0.05) is 0 Å². The van der Waals surface area contributed by atoms with Crippen LogP contribution in [0.25, 0.3) is 0 Å². The Balaban J connectivity index is 2.07. The van der Waals surface area contributed by atoms with E-state index in [0.717, 1.165) is 6.07 Å². The number of aromatic nitrogens is 2. The molecule has 0 aliphatic heterocycles. The van der Waals surface area contributed by atoms with Crippen molar-refractivity contribution in [1.29, 1.82) is 0 Å². The third-order valence-corrected chi connectivity index (χ3v) is 2.43. The highest BCUT2D eigenvalue weighted by molar-refractivity contribution is 5.95. The average molecular weight is 261 g/mol. The van der Waals surface area contributed by atoms with Crippen LogP contribution in [-0.4, -0.2) is 32.3 Å². The van der Waals surface area contributed by atoms with Gasteiger partial charge >= 0.3 is 5.97 Å².